The van der Waals surface area contributed by atoms with E-state index in [9.17, 15) is 19.7 Å². The number of hydrogen-bond acceptors (Lipinski definition) is 8. The summed E-state index contributed by atoms with van der Waals surface area (Å²) in [5, 5.41) is 21.4. The van der Waals surface area contributed by atoms with Crippen molar-refractivity contribution in [3.8, 4) is 11.3 Å². The van der Waals surface area contributed by atoms with Crippen LogP contribution in [0.4, 0.5) is 11.5 Å². The van der Waals surface area contributed by atoms with Crippen molar-refractivity contribution < 1.29 is 19.2 Å². The van der Waals surface area contributed by atoms with Crippen LogP contribution in [0.3, 0.4) is 0 Å². The van der Waals surface area contributed by atoms with E-state index in [0.717, 1.165) is 5.56 Å². The van der Waals surface area contributed by atoms with E-state index in [0.29, 0.717) is 17.0 Å². The molecule has 0 aliphatic carbocycles. The van der Waals surface area contributed by atoms with E-state index in [4.69, 9.17) is 4.74 Å². The number of carbonyl (C=O) groups is 2. The number of anilines is 1. The van der Waals surface area contributed by atoms with Crippen LogP contribution in [-0.2, 0) is 16.1 Å². The smallest absolute Gasteiger partial charge is 0.389 e. The maximum Gasteiger partial charge on any atom is 0.389 e. The van der Waals surface area contributed by atoms with Gasteiger partial charge in [0.05, 0.1) is 35.9 Å². The van der Waals surface area contributed by atoms with Gasteiger partial charge < -0.3 is 20.2 Å². The molecule has 0 fully saturated rings. The Hall–Kier alpha value is -4.61. The van der Waals surface area contributed by atoms with E-state index in [1.54, 1.807) is 37.4 Å². The van der Waals surface area contributed by atoms with Crippen molar-refractivity contribution in [1.29, 1.82) is 0 Å². The van der Waals surface area contributed by atoms with E-state index in [1.807, 2.05) is 6.07 Å². The van der Waals surface area contributed by atoms with Crippen LogP contribution in [-0.4, -0.2) is 47.8 Å². The highest BCUT2D eigenvalue weighted by Crippen LogP contribution is 2.24. The third-order valence-electron chi connectivity index (χ3n) is 4.46. The molecule has 3 heterocycles. The Kier molecular flexibility index (Phi) is 5.57. The van der Waals surface area contributed by atoms with Gasteiger partial charge in [-0.25, -0.2) is 14.3 Å². The van der Waals surface area contributed by atoms with Crippen LogP contribution in [0.25, 0.3) is 16.9 Å². The average molecular weight is 435 g/mol. The quantitative estimate of drug-likeness (QED) is 0.264. The van der Waals surface area contributed by atoms with Gasteiger partial charge in [0.1, 0.15) is 12.1 Å². The summed E-state index contributed by atoms with van der Waals surface area (Å²) in [5.74, 6) is -1.24. The standard InChI is InChI=1S/C20H17N7O5/c1-2-32-20(29)15-11-22-26-16(6-8-21-19(15)26)13-4-3-5-14(10-13)23-18(28)12-25-9-7-17(24-25)27(30)31/h3-11H,2,12H2,1H3,(H,23,28). The second-order valence-corrected chi connectivity index (χ2v) is 6.60. The lowest BCUT2D eigenvalue weighted by atomic mass is 10.1. The number of ether oxygens (including phenoxy) is 1. The molecule has 32 heavy (non-hydrogen) atoms. The number of esters is 1. The molecule has 1 N–H and O–H groups in total. The van der Waals surface area contributed by atoms with Gasteiger partial charge in [-0.2, -0.15) is 9.78 Å². The highest BCUT2D eigenvalue weighted by atomic mass is 16.6. The summed E-state index contributed by atoms with van der Waals surface area (Å²) in [4.78, 5) is 38.8. The Balaban J connectivity index is 1.56. The normalized spacial score (nSPS) is 10.8. The Labute approximate surface area is 180 Å². The van der Waals surface area contributed by atoms with Crippen molar-refractivity contribution in [2.45, 2.75) is 13.5 Å². The molecule has 0 radical (unpaired) electrons. The van der Waals surface area contributed by atoms with Gasteiger partial charge in [-0.05, 0) is 30.0 Å². The van der Waals surface area contributed by atoms with Gasteiger partial charge in [0.15, 0.2) is 5.65 Å². The number of amides is 1. The monoisotopic (exact) mass is 435 g/mol. The molecule has 162 valence electrons. The molecule has 4 rings (SSSR count). The van der Waals surface area contributed by atoms with Crippen LogP contribution in [0, 0.1) is 10.1 Å². The molecule has 0 atom stereocenters. The summed E-state index contributed by atoms with van der Waals surface area (Å²) < 4.78 is 7.75. The predicted octanol–water partition coefficient (Wildman–Crippen LogP) is 2.32. The number of benzene rings is 1. The molecule has 0 saturated carbocycles. The number of carbonyl (C=O) groups excluding carboxylic acids is 2. The van der Waals surface area contributed by atoms with Crippen molar-refractivity contribution >= 4 is 29.0 Å². The summed E-state index contributed by atoms with van der Waals surface area (Å²) in [7, 11) is 0. The average Bonchev–Trinajstić information content (AvgIpc) is 3.41. The first-order chi connectivity index (χ1) is 15.5. The fourth-order valence-corrected chi connectivity index (χ4v) is 3.10. The van der Waals surface area contributed by atoms with Gasteiger partial charge in [-0.3, -0.25) is 4.79 Å². The molecule has 0 spiro atoms. The van der Waals surface area contributed by atoms with E-state index in [1.165, 1.54) is 27.7 Å². The molecule has 12 heteroatoms. The number of nitro groups is 1. The number of rotatable bonds is 7. The highest BCUT2D eigenvalue weighted by Gasteiger charge is 2.18. The molecule has 1 aromatic carbocycles. The van der Waals surface area contributed by atoms with Gasteiger partial charge >= 0.3 is 11.8 Å². The summed E-state index contributed by atoms with van der Waals surface area (Å²) in [5.41, 5.74) is 2.51. The minimum Gasteiger partial charge on any atom is -0.462 e. The van der Waals surface area contributed by atoms with Gasteiger partial charge in [-0.15, -0.1) is 0 Å². The van der Waals surface area contributed by atoms with Crippen LogP contribution < -0.4 is 5.32 Å². The van der Waals surface area contributed by atoms with E-state index >= 15 is 0 Å². The Bertz CT molecular complexity index is 1330. The number of nitrogens with zero attached hydrogens (tertiary/aromatic N) is 6. The maximum absolute atomic E-state index is 12.3. The predicted molar refractivity (Wildman–Crippen MR) is 112 cm³/mol. The molecule has 0 unspecified atom stereocenters. The second-order valence-electron chi connectivity index (χ2n) is 6.60. The Morgan fingerprint density at radius 3 is 2.84 bits per heavy atom. The van der Waals surface area contributed by atoms with Crippen LogP contribution in [0.1, 0.15) is 17.3 Å². The van der Waals surface area contributed by atoms with Gasteiger partial charge in [0, 0.05) is 17.4 Å². The minimum absolute atomic E-state index is 0.181. The van der Waals surface area contributed by atoms with Gasteiger partial charge in [0.2, 0.25) is 5.91 Å². The number of fused-ring (bicyclic) bond motifs is 1. The molecule has 0 aliphatic heterocycles. The van der Waals surface area contributed by atoms with Crippen LogP contribution in [0.5, 0.6) is 0 Å². The molecule has 12 nitrogen and oxygen atoms in total. The molecular formula is C20H17N7O5. The summed E-state index contributed by atoms with van der Waals surface area (Å²) in [6.07, 6.45) is 4.32. The summed E-state index contributed by atoms with van der Waals surface area (Å²) in [6.45, 7) is 1.78. The van der Waals surface area contributed by atoms with Crippen molar-refractivity contribution in [3.63, 3.8) is 0 Å². The molecular weight excluding hydrogens is 418 g/mol. The van der Waals surface area contributed by atoms with Crippen molar-refractivity contribution in [2.24, 2.45) is 0 Å². The maximum atomic E-state index is 12.3. The molecule has 0 saturated heterocycles. The zero-order valence-electron chi connectivity index (χ0n) is 16.8. The first-order valence-electron chi connectivity index (χ1n) is 9.54. The fraction of sp³-hybridized carbons (Fsp3) is 0.150. The molecule has 3 aromatic heterocycles. The lowest BCUT2D eigenvalue weighted by molar-refractivity contribution is -0.389. The van der Waals surface area contributed by atoms with Crippen molar-refractivity contribution in [2.75, 3.05) is 11.9 Å². The number of aromatic nitrogens is 5. The highest BCUT2D eigenvalue weighted by molar-refractivity contribution is 5.96. The molecule has 0 aliphatic rings. The topological polar surface area (TPSA) is 147 Å². The first-order valence-corrected chi connectivity index (χ1v) is 9.54. The number of nitrogens with one attached hydrogen (secondary N) is 1. The third kappa shape index (κ3) is 4.14. The van der Waals surface area contributed by atoms with E-state index in [2.05, 4.69) is 20.5 Å². The first kappa shape index (κ1) is 20.7. The molecule has 1 amide bonds. The minimum atomic E-state index is -0.629. The summed E-state index contributed by atoms with van der Waals surface area (Å²) in [6, 6.07) is 9.98. The summed E-state index contributed by atoms with van der Waals surface area (Å²) >= 11 is 0. The number of hydrogen-bond donors (Lipinski definition) is 1. The Morgan fingerprint density at radius 1 is 1.25 bits per heavy atom. The molecule has 4 aromatic rings. The van der Waals surface area contributed by atoms with Crippen molar-refractivity contribution in [3.05, 3.63) is 70.7 Å². The second kappa shape index (κ2) is 8.63. The Morgan fingerprint density at radius 2 is 2.09 bits per heavy atom. The van der Waals surface area contributed by atoms with Crippen LogP contribution >= 0.6 is 0 Å². The van der Waals surface area contributed by atoms with Gasteiger partial charge in [0.25, 0.3) is 0 Å². The van der Waals surface area contributed by atoms with Crippen molar-refractivity contribution in [1.82, 2.24) is 24.4 Å². The lowest BCUT2D eigenvalue weighted by Gasteiger charge is -2.09. The molecule has 0 bridgehead atoms. The largest absolute Gasteiger partial charge is 0.462 e. The van der Waals surface area contributed by atoms with E-state index in [-0.39, 0.29) is 24.5 Å². The van der Waals surface area contributed by atoms with E-state index < -0.39 is 16.8 Å². The zero-order chi connectivity index (χ0) is 22.7. The lowest BCUT2D eigenvalue weighted by Crippen LogP contribution is -2.19. The fourth-order valence-electron chi connectivity index (χ4n) is 3.10. The third-order valence-corrected chi connectivity index (χ3v) is 4.46. The zero-order valence-corrected chi connectivity index (χ0v) is 16.8. The van der Waals surface area contributed by atoms with Gasteiger partial charge in [-0.1, -0.05) is 12.1 Å². The van der Waals surface area contributed by atoms with Crippen LogP contribution in [0.15, 0.2) is 55.0 Å². The van der Waals surface area contributed by atoms with Crippen LogP contribution in [0.2, 0.25) is 0 Å². The SMILES string of the molecule is CCOC(=O)c1cnn2c(-c3cccc(NC(=O)Cn4ccc([N+](=O)[O-])n4)c3)ccnc12.